The average Bonchev–Trinajstić information content (AvgIpc) is 2.96. The van der Waals surface area contributed by atoms with Gasteiger partial charge in [0.15, 0.2) is 5.79 Å². The van der Waals surface area contributed by atoms with E-state index >= 15 is 0 Å². The third-order valence-corrected chi connectivity index (χ3v) is 3.09. The van der Waals surface area contributed by atoms with Crippen LogP contribution >= 0.6 is 0 Å². The summed E-state index contributed by atoms with van der Waals surface area (Å²) in [6.07, 6.45) is 1.56. The first kappa shape index (κ1) is 13.0. The second-order valence-electron chi connectivity index (χ2n) is 5.17. The van der Waals surface area contributed by atoms with Crippen LogP contribution in [-0.2, 0) is 9.47 Å². The van der Waals surface area contributed by atoms with Gasteiger partial charge in [-0.3, -0.25) is 0 Å². The van der Waals surface area contributed by atoms with Gasteiger partial charge in [-0.05, 0) is 42.5 Å². The Bertz CT molecular complexity index is 560. The van der Waals surface area contributed by atoms with E-state index in [1.165, 1.54) is 0 Å². The fourth-order valence-electron chi connectivity index (χ4n) is 2.03. The zero-order valence-electron chi connectivity index (χ0n) is 11.5. The van der Waals surface area contributed by atoms with Crippen molar-refractivity contribution in [1.82, 2.24) is 20.2 Å². The first-order valence-corrected chi connectivity index (χ1v) is 6.50. The molecule has 106 valence electrons. The molecule has 0 unspecified atom stereocenters. The molecule has 0 aliphatic carbocycles. The third kappa shape index (κ3) is 2.94. The van der Waals surface area contributed by atoms with Crippen molar-refractivity contribution in [1.29, 1.82) is 0 Å². The van der Waals surface area contributed by atoms with Crippen LogP contribution < -0.4 is 5.32 Å². The molecule has 1 saturated heterocycles. The van der Waals surface area contributed by atoms with Gasteiger partial charge in [0.2, 0.25) is 0 Å². The van der Waals surface area contributed by atoms with Crippen molar-refractivity contribution in [3.8, 4) is 5.69 Å². The van der Waals surface area contributed by atoms with Crippen LogP contribution in [-0.4, -0.2) is 45.2 Å². The summed E-state index contributed by atoms with van der Waals surface area (Å²) in [5.74, 6) is -0.494. The number of nitrogens with zero attached hydrogens (tertiary/aromatic N) is 4. The van der Waals surface area contributed by atoms with Crippen molar-refractivity contribution in [2.24, 2.45) is 0 Å². The Balaban J connectivity index is 1.68. The molecule has 0 spiro atoms. The topological polar surface area (TPSA) is 74.1 Å². The summed E-state index contributed by atoms with van der Waals surface area (Å²) in [5.41, 5.74) is 1.88. The molecule has 0 amide bonds. The maximum Gasteiger partial charge on any atom is 0.162 e. The Morgan fingerprint density at radius 2 is 2.10 bits per heavy atom. The van der Waals surface area contributed by atoms with E-state index in [-0.39, 0.29) is 6.04 Å². The zero-order chi connectivity index (χ0) is 14.0. The Morgan fingerprint density at radius 3 is 2.80 bits per heavy atom. The molecule has 1 N–H and O–H groups in total. The van der Waals surface area contributed by atoms with Gasteiger partial charge in [-0.25, -0.2) is 4.68 Å². The average molecular weight is 275 g/mol. The van der Waals surface area contributed by atoms with Crippen LogP contribution in [0.15, 0.2) is 30.6 Å². The van der Waals surface area contributed by atoms with E-state index in [9.17, 15) is 0 Å². The monoisotopic (exact) mass is 275 g/mol. The lowest BCUT2D eigenvalue weighted by atomic mass is 10.2. The number of anilines is 1. The maximum absolute atomic E-state index is 5.63. The molecule has 1 fully saturated rings. The molecule has 7 heteroatoms. The second kappa shape index (κ2) is 5.18. The lowest BCUT2D eigenvalue weighted by molar-refractivity contribution is -0.247. The largest absolute Gasteiger partial charge is 0.378 e. The van der Waals surface area contributed by atoms with E-state index in [4.69, 9.17) is 9.47 Å². The second-order valence-corrected chi connectivity index (χ2v) is 5.17. The number of hydrogen-bond acceptors (Lipinski definition) is 6. The molecule has 0 atom stereocenters. The van der Waals surface area contributed by atoms with Gasteiger partial charge in [0, 0.05) is 5.69 Å². The molecule has 2 aromatic rings. The lowest BCUT2D eigenvalue weighted by Gasteiger charge is -2.35. The van der Waals surface area contributed by atoms with Crippen molar-refractivity contribution in [3.63, 3.8) is 0 Å². The van der Waals surface area contributed by atoms with Crippen molar-refractivity contribution in [2.45, 2.75) is 25.7 Å². The van der Waals surface area contributed by atoms with Crippen molar-refractivity contribution in [2.75, 3.05) is 18.5 Å². The molecule has 1 aliphatic heterocycles. The first-order valence-electron chi connectivity index (χ1n) is 6.50. The fraction of sp³-hybridized carbons (Fsp3) is 0.462. The van der Waals surface area contributed by atoms with Crippen LogP contribution in [0.4, 0.5) is 5.69 Å². The summed E-state index contributed by atoms with van der Waals surface area (Å²) in [5, 5.41) is 14.5. The van der Waals surface area contributed by atoms with Gasteiger partial charge in [0.25, 0.3) is 0 Å². The van der Waals surface area contributed by atoms with Gasteiger partial charge in [-0.15, -0.1) is 5.10 Å². The number of benzene rings is 1. The van der Waals surface area contributed by atoms with E-state index < -0.39 is 5.79 Å². The third-order valence-electron chi connectivity index (χ3n) is 3.09. The van der Waals surface area contributed by atoms with Crippen LogP contribution in [0.25, 0.3) is 5.69 Å². The highest BCUT2D eigenvalue weighted by molar-refractivity contribution is 5.51. The van der Waals surface area contributed by atoms with Crippen molar-refractivity contribution in [3.05, 3.63) is 30.6 Å². The minimum atomic E-state index is -0.494. The summed E-state index contributed by atoms with van der Waals surface area (Å²) in [4.78, 5) is 0. The SMILES string of the molecule is CC1(C)OCC(Nc2cccc(-n3cnnn3)c2)CO1. The first-order chi connectivity index (χ1) is 9.62. The lowest BCUT2D eigenvalue weighted by Crippen LogP contribution is -2.45. The number of rotatable bonds is 3. The molecule has 0 saturated carbocycles. The molecule has 1 aromatic heterocycles. The highest BCUT2D eigenvalue weighted by atomic mass is 16.7. The van der Waals surface area contributed by atoms with E-state index in [1.54, 1.807) is 11.0 Å². The summed E-state index contributed by atoms with van der Waals surface area (Å²) in [6.45, 7) is 5.06. The molecule has 1 aromatic carbocycles. The number of tetrazole rings is 1. The zero-order valence-corrected chi connectivity index (χ0v) is 11.5. The molecule has 7 nitrogen and oxygen atoms in total. The van der Waals surface area contributed by atoms with Crippen LogP contribution in [0.1, 0.15) is 13.8 Å². The Labute approximate surface area is 116 Å². The normalized spacial score (nSPS) is 18.9. The molecular formula is C13H17N5O2. The molecule has 0 radical (unpaired) electrons. The van der Waals surface area contributed by atoms with Gasteiger partial charge < -0.3 is 14.8 Å². The van der Waals surface area contributed by atoms with E-state index in [0.29, 0.717) is 13.2 Å². The van der Waals surface area contributed by atoms with Crippen LogP contribution in [0.3, 0.4) is 0 Å². The highest BCUT2D eigenvalue weighted by Gasteiger charge is 2.28. The van der Waals surface area contributed by atoms with Crippen LogP contribution in [0.5, 0.6) is 0 Å². The van der Waals surface area contributed by atoms with Crippen LogP contribution in [0.2, 0.25) is 0 Å². The summed E-state index contributed by atoms with van der Waals surface area (Å²) in [6, 6.07) is 8.00. The summed E-state index contributed by atoms with van der Waals surface area (Å²) >= 11 is 0. The minimum absolute atomic E-state index is 0.132. The molecule has 20 heavy (non-hydrogen) atoms. The van der Waals surface area contributed by atoms with Gasteiger partial charge >= 0.3 is 0 Å². The molecule has 2 heterocycles. The number of nitrogens with one attached hydrogen (secondary N) is 1. The van der Waals surface area contributed by atoms with Gasteiger partial charge in [-0.1, -0.05) is 6.07 Å². The maximum atomic E-state index is 5.63. The smallest absolute Gasteiger partial charge is 0.162 e. The Morgan fingerprint density at radius 1 is 1.30 bits per heavy atom. The predicted molar refractivity (Wildman–Crippen MR) is 72.5 cm³/mol. The molecule has 3 rings (SSSR count). The fourth-order valence-corrected chi connectivity index (χ4v) is 2.03. The van der Waals surface area contributed by atoms with Crippen LogP contribution in [0, 0.1) is 0 Å². The van der Waals surface area contributed by atoms with Gasteiger partial charge in [0.05, 0.1) is 24.9 Å². The van der Waals surface area contributed by atoms with Crippen molar-refractivity contribution < 1.29 is 9.47 Å². The standard InChI is InChI=1S/C13H17N5O2/c1-13(2)19-7-11(8-20-13)15-10-4-3-5-12(6-10)18-9-14-16-17-18/h3-6,9,11,15H,7-8H2,1-2H3. The molecule has 0 bridgehead atoms. The molecular weight excluding hydrogens is 258 g/mol. The highest BCUT2D eigenvalue weighted by Crippen LogP contribution is 2.20. The molecule has 1 aliphatic rings. The summed E-state index contributed by atoms with van der Waals surface area (Å²) < 4.78 is 12.9. The number of ether oxygens (including phenoxy) is 2. The predicted octanol–water partition coefficient (Wildman–Crippen LogP) is 1.23. The Kier molecular flexibility index (Phi) is 3.37. The van der Waals surface area contributed by atoms with Gasteiger partial charge in [-0.2, -0.15) is 0 Å². The summed E-state index contributed by atoms with van der Waals surface area (Å²) in [7, 11) is 0. The van der Waals surface area contributed by atoms with Gasteiger partial charge in [0.1, 0.15) is 6.33 Å². The Hall–Kier alpha value is -1.99. The van der Waals surface area contributed by atoms with E-state index in [0.717, 1.165) is 11.4 Å². The quantitative estimate of drug-likeness (QED) is 0.908. The number of hydrogen-bond donors (Lipinski definition) is 1. The van der Waals surface area contributed by atoms with Crippen molar-refractivity contribution >= 4 is 5.69 Å². The van der Waals surface area contributed by atoms with E-state index in [1.807, 2.05) is 38.1 Å². The number of aromatic nitrogens is 4. The minimum Gasteiger partial charge on any atom is -0.378 e. The van der Waals surface area contributed by atoms with E-state index in [2.05, 4.69) is 20.8 Å².